The third kappa shape index (κ3) is 3.84. The summed E-state index contributed by atoms with van der Waals surface area (Å²) in [5.41, 5.74) is 7.12. The van der Waals surface area contributed by atoms with Gasteiger partial charge in [0.25, 0.3) is 0 Å². The normalized spacial score (nSPS) is 11.9. The van der Waals surface area contributed by atoms with E-state index in [9.17, 15) is 4.79 Å². The van der Waals surface area contributed by atoms with Crippen LogP contribution < -0.4 is 11.1 Å². The molecule has 0 aliphatic heterocycles. The van der Waals surface area contributed by atoms with Gasteiger partial charge in [-0.1, -0.05) is 28.1 Å². The molecule has 1 amide bonds. The number of carbonyl (C=O) groups is 1. The minimum atomic E-state index is -0.589. The van der Waals surface area contributed by atoms with Crippen molar-refractivity contribution in [2.24, 2.45) is 5.73 Å². The number of amides is 1. The molecule has 0 heterocycles. The Morgan fingerprint density at radius 2 is 1.80 bits per heavy atom. The number of anilines is 1. The van der Waals surface area contributed by atoms with Crippen LogP contribution in [0.15, 0.2) is 55.9 Å². The van der Waals surface area contributed by atoms with Crippen molar-refractivity contribution in [1.29, 1.82) is 0 Å². The van der Waals surface area contributed by atoms with Gasteiger partial charge in [-0.15, -0.1) is 0 Å². The maximum absolute atomic E-state index is 11.7. The summed E-state index contributed by atoms with van der Waals surface area (Å²) in [6, 6.07) is 12.6. The molecule has 0 aromatic heterocycles. The molecule has 20 heavy (non-hydrogen) atoms. The molecule has 1 atom stereocenters. The van der Waals surface area contributed by atoms with Crippen molar-refractivity contribution in [2.45, 2.75) is 6.04 Å². The number of primary amides is 1. The third-order valence-corrected chi connectivity index (χ3v) is 5.07. The molecule has 1 unspecified atom stereocenters. The molecule has 104 valence electrons. The maximum Gasteiger partial charge on any atom is 0.244 e. The first-order chi connectivity index (χ1) is 9.47. The predicted molar refractivity (Wildman–Crippen MR) is 91.5 cm³/mol. The van der Waals surface area contributed by atoms with Gasteiger partial charge in [-0.05, 0) is 67.8 Å². The van der Waals surface area contributed by atoms with Crippen LogP contribution in [0.1, 0.15) is 11.6 Å². The lowest BCUT2D eigenvalue weighted by Crippen LogP contribution is -2.27. The largest absolute Gasteiger partial charge is 0.370 e. The highest BCUT2D eigenvalue weighted by Gasteiger charge is 2.18. The molecule has 0 fully saturated rings. The Hall–Kier alpha value is -0.850. The van der Waals surface area contributed by atoms with Crippen LogP contribution >= 0.6 is 47.8 Å². The van der Waals surface area contributed by atoms with Gasteiger partial charge < -0.3 is 11.1 Å². The zero-order valence-electron chi connectivity index (χ0n) is 10.2. The number of hydrogen-bond donors (Lipinski definition) is 2. The molecule has 0 bridgehead atoms. The van der Waals surface area contributed by atoms with Crippen molar-refractivity contribution < 1.29 is 4.79 Å². The Morgan fingerprint density at radius 3 is 2.40 bits per heavy atom. The molecule has 0 aliphatic carbocycles. The molecule has 3 N–H and O–H groups in total. The lowest BCUT2D eigenvalue weighted by atomic mass is 10.1. The molecule has 0 aliphatic rings. The van der Waals surface area contributed by atoms with Crippen LogP contribution in [0.5, 0.6) is 0 Å². The van der Waals surface area contributed by atoms with Crippen molar-refractivity contribution in [2.75, 3.05) is 5.32 Å². The van der Waals surface area contributed by atoms with Gasteiger partial charge in [-0.3, -0.25) is 4.79 Å². The molecule has 3 nitrogen and oxygen atoms in total. The standard InChI is InChI=1S/C14H11Br3N2O/c15-9-2-1-3-10(7-9)19-13(14(18)20)8-4-5-11(16)12(17)6-8/h1-7,13,19H,(H2,18,20). The fourth-order valence-electron chi connectivity index (χ4n) is 1.76. The van der Waals surface area contributed by atoms with Crippen LogP contribution in [0.2, 0.25) is 0 Å². The Morgan fingerprint density at radius 1 is 1.05 bits per heavy atom. The summed E-state index contributed by atoms with van der Waals surface area (Å²) >= 11 is 10.2. The van der Waals surface area contributed by atoms with E-state index in [1.165, 1.54) is 0 Å². The fourth-order valence-corrected chi connectivity index (χ4v) is 2.80. The molecule has 0 saturated carbocycles. The summed E-state index contributed by atoms with van der Waals surface area (Å²) in [6.45, 7) is 0. The van der Waals surface area contributed by atoms with E-state index in [0.717, 1.165) is 24.7 Å². The van der Waals surface area contributed by atoms with Crippen LogP contribution in [0.25, 0.3) is 0 Å². The number of benzene rings is 2. The van der Waals surface area contributed by atoms with E-state index in [1.54, 1.807) is 0 Å². The summed E-state index contributed by atoms with van der Waals surface area (Å²) in [6.07, 6.45) is 0. The average molecular weight is 463 g/mol. The van der Waals surface area contributed by atoms with E-state index in [1.807, 2.05) is 42.5 Å². The number of nitrogens with one attached hydrogen (secondary N) is 1. The Balaban J connectivity index is 2.32. The Labute approximate surface area is 142 Å². The van der Waals surface area contributed by atoms with E-state index in [-0.39, 0.29) is 0 Å². The number of nitrogens with two attached hydrogens (primary N) is 1. The molecule has 2 aromatic rings. The highest BCUT2D eigenvalue weighted by molar-refractivity contribution is 9.13. The van der Waals surface area contributed by atoms with Gasteiger partial charge >= 0.3 is 0 Å². The number of halogens is 3. The van der Waals surface area contributed by atoms with Gasteiger partial charge in [0.15, 0.2) is 0 Å². The zero-order chi connectivity index (χ0) is 14.7. The quantitative estimate of drug-likeness (QED) is 0.697. The molecule has 2 aromatic carbocycles. The van der Waals surface area contributed by atoms with Crippen molar-refractivity contribution in [1.82, 2.24) is 0 Å². The lowest BCUT2D eigenvalue weighted by molar-refractivity contribution is -0.118. The zero-order valence-corrected chi connectivity index (χ0v) is 15.0. The molecular weight excluding hydrogens is 452 g/mol. The second kappa shape index (κ2) is 6.74. The van der Waals surface area contributed by atoms with Gasteiger partial charge in [0.2, 0.25) is 5.91 Å². The van der Waals surface area contributed by atoms with E-state index in [0.29, 0.717) is 0 Å². The highest BCUT2D eigenvalue weighted by Crippen LogP contribution is 2.28. The smallest absolute Gasteiger partial charge is 0.244 e. The lowest BCUT2D eigenvalue weighted by Gasteiger charge is -2.18. The summed E-state index contributed by atoms with van der Waals surface area (Å²) in [5, 5.41) is 3.14. The molecule has 0 radical (unpaired) electrons. The van der Waals surface area contributed by atoms with Gasteiger partial charge in [0.1, 0.15) is 6.04 Å². The monoisotopic (exact) mass is 460 g/mol. The number of hydrogen-bond acceptors (Lipinski definition) is 2. The first kappa shape index (κ1) is 15.5. The fraction of sp³-hybridized carbons (Fsp3) is 0.0714. The van der Waals surface area contributed by atoms with Crippen molar-refractivity contribution >= 4 is 59.4 Å². The van der Waals surface area contributed by atoms with E-state index in [2.05, 4.69) is 53.1 Å². The van der Waals surface area contributed by atoms with Gasteiger partial charge in [0, 0.05) is 19.1 Å². The van der Waals surface area contributed by atoms with E-state index < -0.39 is 11.9 Å². The Bertz CT molecular complexity index is 646. The third-order valence-electron chi connectivity index (χ3n) is 2.70. The number of carbonyl (C=O) groups excluding carboxylic acids is 1. The summed E-state index contributed by atoms with van der Waals surface area (Å²) in [7, 11) is 0. The van der Waals surface area contributed by atoms with Gasteiger partial charge in [-0.25, -0.2) is 0 Å². The van der Waals surface area contributed by atoms with Crippen LogP contribution in [0.4, 0.5) is 5.69 Å². The highest BCUT2D eigenvalue weighted by atomic mass is 79.9. The molecule has 2 rings (SSSR count). The van der Waals surface area contributed by atoms with E-state index >= 15 is 0 Å². The minimum Gasteiger partial charge on any atom is -0.370 e. The second-order valence-corrected chi connectivity index (χ2v) is 6.79. The Kier molecular flexibility index (Phi) is 5.23. The average Bonchev–Trinajstić information content (AvgIpc) is 2.39. The van der Waals surface area contributed by atoms with Gasteiger partial charge in [-0.2, -0.15) is 0 Å². The second-order valence-electron chi connectivity index (χ2n) is 4.16. The van der Waals surface area contributed by atoms with E-state index in [4.69, 9.17) is 5.73 Å². The van der Waals surface area contributed by atoms with Crippen LogP contribution in [-0.4, -0.2) is 5.91 Å². The summed E-state index contributed by atoms with van der Waals surface area (Å²) < 4.78 is 2.73. The molecule has 0 saturated heterocycles. The molecule has 6 heteroatoms. The van der Waals surface area contributed by atoms with Crippen molar-refractivity contribution in [3.63, 3.8) is 0 Å². The van der Waals surface area contributed by atoms with Crippen LogP contribution in [-0.2, 0) is 4.79 Å². The molecule has 0 spiro atoms. The minimum absolute atomic E-state index is 0.431. The first-order valence-electron chi connectivity index (χ1n) is 5.74. The predicted octanol–water partition coefficient (Wildman–Crippen LogP) is 4.61. The summed E-state index contributed by atoms with van der Waals surface area (Å²) in [5.74, 6) is -0.431. The van der Waals surface area contributed by atoms with Crippen LogP contribution in [0, 0.1) is 0 Å². The van der Waals surface area contributed by atoms with Gasteiger partial charge in [0.05, 0.1) is 0 Å². The number of rotatable bonds is 4. The SMILES string of the molecule is NC(=O)C(Nc1cccc(Br)c1)c1ccc(Br)c(Br)c1. The van der Waals surface area contributed by atoms with Crippen molar-refractivity contribution in [3.05, 3.63) is 61.4 Å². The maximum atomic E-state index is 11.7. The topological polar surface area (TPSA) is 55.1 Å². The van der Waals surface area contributed by atoms with Crippen molar-refractivity contribution in [3.8, 4) is 0 Å². The first-order valence-corrected chi connectivity index (χ1v) is 8.11. The molecular formula is C14H11Br3N2O. The summed E-state index contributed by atoms with van der Waals surface area (Å²) in [4.78, 5) is 11.7. The van der Waals surface area contributed by atoms with Crippen LogP contribution in [0.3, 0.4) is 0 Å².